The number of nitrogens with one attached hydrogen (secondary N) is 1. The second kappa shape index (κ2) is 8.13. The first-order valence-corrected chi connectivity index (χ1v) is 7.58. The van der Waals surface area contributed by atoms with Crippen LogP contribution < -0.4 is 5.32 Å². The topological polar surface area (TPSA) is 24.5 Å². The van der Waals surface area contributed by atoms with Crippen molar-refractivity contribution >= 4 is 0 Å². The highest BCUT2D eigenvalue weighted by molar-refractivity contribution is 4.91. The summed E-state index contributed by atoms with van der Waals surface area (Å²) in [5, 5.41) is 3.68. The largest absolute Gasteiger partial charge is 0.383 e. The highest BCUT2D eigenvalue weighted by Gasteiger charge is 2.33. The third-order valence-corrected chi connectivity index (χ3v) is 4.19. The Kier molecular flexibility index (Phi) is 7.20. The van der Waals surface area contributed by atoms with Crippen molar-refractivity contribution in [3.8, 4) is 0 Å². The molecule has 0 aromatic heterocycles. The maximum absolute atomic E-state index is 5.27. The van der Waals surface area contributed by atoms with Gasteiger partial charge in [-0.15, -0.1) is 0 Å². The molecule has 1 fully saturated rings. The van der Waals surface area contributed by atoms with E-state index in [0.717, 1.165) is 25.6 Å². The first-order valence-electron chi connectivity index (χ1n) is 7.58. The van der Waals surface area contributed by atoms with Gasteiger partial charge in [0.15, 0.2) is 0 Å². The number of methoxy groups -OCH3 is 1. The molecule has 108 valence electrons. The molecule has 1 aliphatic rings. The van der Waals surface area contributed by atoms with Crippen LogP contribution in [0.1, 0.15) is 47.0 Å². The molecular formula is C15H32N2O. The second-order valence-electron chi connectivity index (χ2n) is 5.97. The average molecular weight is 256 g/mol. The minimum Gasteiger partial charge on any atom is -0.383 e. The molecule has 3 nitrogen and oxygen atoms in total. The number of nitrogens with zero attached hydrogens (tertiary/aromatic N) is 1. The molecule has 1 saturated carbocycles. The summed E-state index contributed by atoms with van der Waals surface area (Å²) in [4.78, 5) is 2.63. The van der Waals surface area contributed by atoms with E-state index in [1.807, 2.05) is 0 Å². The molecule has 0 saturated heterocycles. The van der Waals surface area contributed by atoms with E-state index in [1.54, 1.807) is 7.11 Å². The second-order valence-corrected chi connectivity index (χ2v) is 5.97. The quantitative estimate of drug-likeness (QED) is 0.757. The van der Waals surface area contributed by atoms with Gasteiger partial charge in [0.25, 0.3) is 0 Å². The Bertz CT molecular complexity index is 221. The number of rotatable bonds is 7. The molecule has 0 aliphatic heterocycles. The van der Waals surface area contributed by atoms with Crippen molar-refractivity contribution in [1.82, 2.24) is 10.2 Å². The van der Waals surface area contributed by atoms with Crippen LogP contribution in [-0.2, 0) is 4.74 Å². The van der Waals surface area contributed by atoms with Crippen LogP contribution in [0.2, 0.25) is 0 Å². The lowest BCUT2D eigenvalue weighted by atomic mass is 9.82. The molecule has 3 heteroatoms. The van der Waals surface area contributed by atoms with Crippen molar-refractivity contribution in [3.63, 3.8) is 0 Å². The molecule has 0 heterocycles. The summed E-state index contributed by atoms with van der Waals surface area (Å²) in [6.07, 6.45) is 4.00. The predicted molar refractivity (Wildman–Crippen MR) is 78.0 cm³/mol. The molecule has 1 rings (SSSR count). The normalized spacial score (nSPS) is 29.2. The van der Waals surface area contributed by atoms with Crippen LogP contribution in [0.25, 0.3) is 0 Å². The van der Waals surface area contributed by atoms with E-state index in [-0.39, 0.29) is 0 Å². The van der Waals surface area contributed by atoms with E-state index in [2.05, 4.69) is 37.9 Å². The van der Waals surface area contributed by atoms with Gasteiger partial charge in [0.1, 0.15) is 0 Å². The van der Waals surface area contributed by atoms with Crippen LogP contribution in [0.4, 0.5) is 0 Å². The van der Waals surface area contributed by atoms with Gasteiger partial charge in [-0.2, -0.15) is 0 Å². The van der Waals surface area contributed by atoms with Gasteiger partial charge in [-0.3, -0.25) is 4.90 Å². The molecule has 1 N–H and O–H groups in total. The van der Waals surface area contributed by atoms with Crippen molar-refractivity contribution in [1.29, 1.82) is 0 Å². The highest BCUT2D eigenvalue weighted by Crippen LogP contribution is 2.28. The molecule has 0 amide bonds. The summed E-state index contributed by atoms with van der Waals surface area (Å²) < 4.78 is 5.27. The number of hydrogen-bond acceptors (Lipinski definition) is 3. The van der Waals surface area contributed by atoms with Gasteiger partial charge < -0.3 is 10.1 Å². The fourth-order valence-corrected chi connectivity index (χ4v) is 3.22. The van der Waals surface area contributed by atoms with Gasteiger partial charge >= 0.3 is 0 Å². The highest BCUT2D eigenvalue weighted by atomic mass is 16.5. The lowest BCUT2D eigenvalue weighted by Gasteiger charge is -2.44. The summed E-state index contributed by atoms with van der Waals surface area (Å²) in [5.41, 5.74) is 0. The zero-order valence-corrected chi connectivity index (χ0v) is 12.9. The van der Waals surface area contributed by atoms with Crippen LogP contribution in [0.15, 0.2) is 0 Å². The van der Waals surface area contributed by atoms with Crippen LogP contribution in [0.3, 0.4) is 0 Å². The molecule has 0 bridgehead atoms. The Labute approximate surface area is 113 Å². The predicted octanol–water partition coefficient (Wildman–Crippen LogP) is 2.51. The van der Waals surface area contributed by atoms with Gasteiger partial charge in [0.05, 0.1) is 6.61 Å². The molecule has 3 unspecified atom stereocenters. The van der Waals surface area contributed by atoms with Crippen LogP contribution in [0.5, 0.6) is 0 Å². The smallest absolute Gasteiger partial charge is 0.0589 e. The van der Waals surface area contributed by atoms with Crippen LogP contribution >= 0.6 is 0 Å². The molecule has 0 aromatic carbocycles. The van der Waals surface area contributed by atoms with Gasteiger partial charge in [-0.25, -0.2) is 0 Å². The summed E-state index contributed by atoms with van der Waals surface area (Å²) in [7, 11) is 1.80. The summed E-state index contributed by atoms with van der Waals surface area (Å²) in [5.74, 6) is 0.855. The van der Waals surface area contributed by atoms with E-state index in [1.165, 1.54) is 19.3 Å². The van der Waals surface area contributed by atoms with Crippen LogP contribution in [-0.4, -0.2) is 49.8 Å². The van der Waals surface area contributed by atoms with Crippen molar-refractivity contribution in [2.24, 2.45) is 5.92 Å². The monoisotopic (exact) mass is 256 g/mol. The minimum atomic E-state index is 0.594. The Balaban J connectivity index is 2.69. The lowest BCUT2D eigenvalue weighted by molar-refractivity contribution is 0.0494. The Morgan fingerprint density at radius 1 is 1.33 bits per heavy atom. The van der Waals surface area contributed by atoms with E-state index < -0.39 is 0 Å². The number of likely N-dealkylation sites (N-methyl/N-ethyl adjacent to an activating group) is 1. The van der Waals surface area contributed by atoms with Crippen molar-refractivity contribution in [2.45, 2.75) is 65.1 Å². The maximum Gasteiger partial charge on any atom is 0.0589 e. The first kappa shape index (κ1) is 15.9. The Morgan fingerprint density at radius 2 is 2.06 bits per heavy atom. The van der Waals surface area contributed by atoms with Gasteiger partial charge in [0.2, 0.25) is 0 Å². The molecule has 3 atom stereocenters. The van der Waals surface area contributed by atoms with Crippen LogP contribution in [0, 0.1) is 5.92 Å². The standard InChI is InChI=1S/C15H32N2O/c1-6-16-14-8-7-13(4)11-15(14)17(12(2)3)9-10-18-5/h12-16H,6-11H2,1-5H3. The van der Waals surface area contributed by atoms with Crippen molar-refractivity contribution in [3.05, 3.63) is 0 Å². The van der Waals surface area contributed by atoms with E-state index in [4.69, 9.17) is 4.74 Å². The van der Waals surface area contributed by atoms with E-state index in [0.29, 0.717) is 18.1 Å². The zero-order valence-electron chi connectivity index (χ0n) is 12.9. The number of ether oxygens (including phenoxy) is 1. The first-order chi connectivity index (χ1) is 8.60. The molecule has 0 aromatic rings. The number of hydrogen-bond donors (Lipinski definition) is 1. The zero-order chi connectivity index (χ0) is 13.5. The maximum atomic E-state index is 5.27. The fourth-order valence-electron chi connectivity index (χ4n) is 3.22. The third kappa shape index (κ3) is 4.52. The van der Waals surface area contributed by atoms with Crippen molar-refractivity contribution in [2.75, 3.05) is 26.8 Å². The fraction of sp³-hybridized carbons (Fsp3) is 1.00. The van der Waals surface area contributed by atoms with E-state index in [9.17, 15) is 0 Å². The third-order valence-electron chi connectivity index (χ3n) is 4.19. The van der Waals surface area contributed by atoms with E-state index >= 15 is 0 Å². The molecule has 0 radical (unpaired) electrons. The summed E-state index contributed by atoms with van der Waals surface area (Å²) >= 11 is 0. The average Bonchev–Trinajstić information content (AvgIpc) is 2.32. The SMILES string of the molecule is CCNC1CCC(C)CC1N(CCOC)C(C)C. The minimum absolute atomic E-state index is 0.594. The lowest BCUT2D eigenvalue weighted by Crippen LogP contribution is -2.55. The van der Waals surface area contributed by atoms with Crippen molar-refractivity contribution < 1.29 is 4.74 Å². The van der Waals surface area contributed by atoms with Gasteiger partial charge in [-0.1, -0.05) is 13.8 Å². The summed E-state index contributed by atoms with van der Waals surface area (Å²) in [6.45, 7) is 12.2. The molecule has 0 spiro atoms. The van der Waals surface area contributed by atoms with Gasteiger partial charge in [0, 0.05) is 31.8 Å². The molecular weight excluding hydrogens is 224 g/mol. The molecule has 18 heavy (non-hydrogen) atoms. The summed E-state index contributed by atoms with van der Waals surface area (Å²) in [6, 6.07) is 1.92. The Morgan fingerprint density at radius 3 is 2.61 bits per heavy atom. The van der Waals surface area contributed by atoms with Gasteiger partial charge in [-0.05, 0) is 45.6 Å². The Hall–Kier alpha value is -0.120. The molecule has 1 aliphatic carbocycles.